The van der Waals surface area contributed by atoms with Crippen molar-refractivity contribution < 1.29 is 4.74 Å². The standard InChI is InChI=1S/C14H18N2O/c1-2-11-17-14-5-3-13(4-6-14)12-16-9-7-15-8-10-16/h1,3-6,15H,7-12H2. The fourth-order valence-corrected chi connectivity index (χ4v) is 1.94. The first-order chi connectivity index (χ1) is 8.38. The number of terminal acetylenes is 1. The van der Waals surface area contributed by atoms with Gasteiger partial charge in [-0.05, 0) is 17.7 Å². The quantitative estimate of drug-likeness (QED) is 0.784. The fourth-order valence-electron chi connectivity index (χ4n) is 1.94. The van der Waals surface area contributed by atoms with Crippen LogP contribution in [0, 0.1) is 12.3 Å². The summed E-state index contributed by atoms with van der Waals surface area (Å²) in [7, 11) is 0. The molecule has 0 spiro atoms. The molecule has 2 rings (SSSR count). The molecular formula is C14H18N2O. The van der Waals surface area contributed by atoms with Gasteiger partial charge < -0.3 is 10.1 Å². The number of hydrogen-bond donors (Lipinski definition) is 1. The van der Waals surface area contributed by atoms with Gasteiger partial charge in [-0.3, -0.25) is 4.90 Å². The molecule has 0 saturated carbocycles. The maximum Gasteiger partial charge on any atom is 0.148 e. The minimum absolute atomic E-state index is 0.330. The van der Waals surface area contributed by atoms with E-state index in [2.05, 4.69) is 28.3 Å². The Morgan fingerprint density at radius 2 is 1.94 bits per heavy atom. The topological polar surface area (TPSA) is 24.5 Å². The number of nitrogens with one attached hydrogen (secondary N) is 1. The van der Waals surface area contributed by atoms with E-state index in [-0.39, 0.29) is 0 Å². The third kappa shape index (κ3) is 3.77. The Kier molecular flexibility index (Phi) is 4.43. The maximum atomic E-state index is 5.34. The monoisotopic (exact) mass is 230 g/mol. The Hall–Kier alpha value is -1.50. The highest BCUT2D eigenvalue weighted by molar-refractivity contribution is 5.27. The summed E-state index contributed by atoms with van der Waals surface area (Å²) in [5.41, 5.74) is 1.32. The van der Waals surface area contributed by atoms with E-state index in [9.17, 15) is 0 Å². The van der Waals surface area contributed by atoms with Crippen LogP contribution >= 0.6 is 0 Å². The smallest absolute Gasteiger partial charge is 0.148 e. The fraction of sp³-hybridized carbons (Fsp3) is 0.429. The van der Waals surface area contributed by atoms with E-state index in [0.29, 0.717) is 6.61 Å². The lowest BCUT2D eigenvalue weighted by Gasteiger charge is -2.27. The van der Waals surface area contributed by atoms with Gasteiger partial charge in [-0.15, -0.1) is 6.42 Å². The Morgan fingerprint density at radius 1 is 1.24 bits per heavy atom. The van der Waals surface area contributed by atoms with Gasteiger partial charge in [0.25, 0.3) is 0 Å². The van der Waals surface area contributed by atoms with Crippen molar-refractivity contribution in [3.63, 3.8) is 0 Å². The highest BCUT2D eigenvalue weighted by Gasteiger charge is 2.09. The number of rotatable bonds is 4. The molecule has 1 saturated heterocycles. The molecule has 0 radical (unpaired) electrons. The van der Waals surface area contributed by atoms with E-state index in [4.69, 9.17) is 11.2 Å². The van der Waals surface area contributed by atoms with Crippen molar-refractivity contribution in [3.05, 3.63) is 29.8 Å². The summed E-state index contributed by atoms with van der Waals surface area (Å²) in [6.45, 7) is 5.76. The molecule has 90 valence electrons. The third-order valence-electron chi connectivity index (χ3n) is 2.86. The van der Waals surface area contributed by atoms with Crippen LogP contribution in [0.1, 0.15) is 5.56 Å². The Bertz CT molecular complexity index is 374. The van der Waals surface area contributed by atoms with E-state index >= 15 is 0 Å². The molecule has 0 bridgehead atoms. The zero-order valence-corrected chi connectivity index (χ0v) is 9.98. The third-order valence-corrected chi connectivity index (χ3v) is 2.86. The highest BCUT2D eigenvalue weighted by Crippen LogP contribution is 2.13. The molecule has 3 heteroatoms. The van der Waals surface area contributed by atoms with E-state index < -0.39 is 0 Å². The summed E-state index contributed by atoms with van der Waals surface area (Å²) in [4.78, 5) is 2.45. The predicted molar refractivity (Wildman–Crippen MR) is 68.9 cm³/mol. The van der Waals surface area contributed by atoms with Gasteiger partial charge in [-0.25, -0.2) is 0 Å². The van der Waals surface area contributed by atoms with Gasteiger partial charge >= 0.3 is 0 Å². The number of benzene rings is 1. The van der Waals surface area contributed by atoms with Crippen LogP contribution in [0.5, 0.6) is 5.75 Å². The second kappa shape index (κ2) is 6.29. The summed E-state index contributed by atoms with van der Waals surface area (Å²) < 4.78 is 5.34. The van der Waals surface area contributed by atoms with E-state index in [1.54, 1.807) is 0 Å². The Morgan fingerprint density at radius 3 is 2.59 bits per heavy atom. The molecule has 0 aliphatic carbocycles. The molecule has 0 amide bonds. The number of ether oxygens (including phenoxy) is 1. The molecule has 1 aromatic rings. The summed E-state index contributed by atoms with van der Waals surface area (Å²) >= 11 is 0. The summed E-state index contributed by atoms with van der Waals surface area (Å²) in [5.74, 6) is 3.30. The van der Waals surface area contributed by atoms with Crippen LogP contribution in [0.4, 0.5) is 0 Å². The Balaban J connectivity index is 1.86. The summed E-state index contributed by atoms with van der Waals surface area (Å²) in [6, 6.07) is 8.17. The van der Waals surface area contributed by atoms with Gasteiger partial charge in [-0.2, -0.15) is 0 Å². The molecule has 17 heavy (non-hydrogen) atoms. The second-order valence-electron chi connectivity index (χ2n) is 4.16. The van der Waals surface area contributed by atoms with Crippen molar-refractivity contribution in [1.29, 1.82) is 0 Å². The summed E-state index contributed by atoms with van der Waals surface area (Å²) in [5, 5.41) is 3.35. The molecule has 3 nitrogen and oxygen atoms in total. The lowest BCUT2D eigenvalue weighted by Crippen LogP contribution is -2.42. The highest BCUT2D eigenvalue weighted by atomic mass is 16.5. The summed E-state index contributed by atoms with van der Waals surface area (Å²) in [6.07, 6.45) is 5.14. The molecule has 1 aliphatic heterocycles. The molecular weight excluding hydrogens is 212 g/mol. The van der Waals surface area contributed by atoms with Gasteiger partial charge in [0.2, 0.25) is 0 Å². The van der Waals surface area contributed by atoms with Crippen LogP contribution in [0.2, 0.25) is 0 Å². The molecule has 1 N–H and O–H groups in total. The molecule has 0 aromatic heterocycles. The van der Waals surface area contributed by atoms with Crippen molar-refractivity contribution in [2.75, 3.05) is 32.8 Å². The van der Waals surface area contributed by atoms with E-state index in [1.807, 2.05) is 12.1 Å². The molecule has 1 aromatic carbocycles. The minimum atomic E-state index is 0.330. The van der Waals surface area contributed by atoms with Gasteiger partial charge in [-0.1, -0.05) is 18.1 Å². The van der Waals surface area contributed by atoms with Gasteiger partial charge in [0.15, 0.2) is 0 Å². The van der Waals surface area contributed by atoms with Crippen LogP contribution in [0.15, 0.2) is 24.3 Å². The Labute approximate surface area is 103 Å². The van der Waals surface area contributed by atoms with Crippen molar-refractivity contribution in [2.24, 2.45) is 0 Å². The first kappa shape index (κ1) is 12.0. The molecule has 1 aliphatic rings. The van der Waals surface area contributed by atoms with Gasteiger partial charge in [0, 0.05) is 32.7 Å². The maximum absolute atomic E-state index is 5.34. The average molecular weight is 230 g/mol. The van der Waals surface area contributed by atoms with Crippen molar-refractivity contribution in [1.82, 2.24) is 10.2 Å². The lowest BCUT2D eigenvalue weighted by molar-refractivity contribution is 0.233. The van der Waals surface area contributed by atoms with Crippen LogP contribution in [0.25, 0.3) is 0 Å². The second-order valence-corrected chi connectivity index (χ2v) is 4.16. The largest absolute Gasteiger partial charge is 0.481 e. The number of hydrogen-bond acceptors (Lipinski definition) is 3. The lowest BCUT2D eigenvalue weighted by atomic mass is 10.2. The SMILES string of the molecule is C#CCOc1ccc(CN2CCNCC2)cc1. The van der Waals surface area contributed by atoms with Crippen LogP contribution in [-0.2, 0) is 6.54 Å². The van der Waals surface area contributed by atoms with Crippen molar-refractivity contribution in [3.8, 4) is 18.1 Å². The van der Waals surface area contributed by atoms with Crippen LogP contribution in [-0.4, -0.2) is 37.7 Å². The van der Waals surface area contributed by atoms with Crippen molar-refractivity contribution in [2.45, 2.75) is 6.54 Å². The first-order valence-electron chi connectivity index (χ1n) is 5.97. The van der Waals surface area contributed by atoms with Crippen LogP contribution < -0.4 is 10.1 Å². The van der Waals surface area contributed by atoms with E-state index in [0.717, 1.165) is 38.5 Å². The molecule has 1 heterocycles. The molecule has 0 atom stereocenters. The zero-order chi connectivity index (χ0) is 11.9. The normalized spacial score (nSPS) is 16.4. The van der Waals surface area contributed by atoms with Gasteiger partial charge in [0.1, 0.15) is 12.4 Å². The van der Waals surface area contributed by atoms with E-state index in [1.165, 1.54) is 5.56 Å². The number of piperazine rings is 1. The molecule has 1 fully saturated rings. The average Bonchev–Trinajstić information content (AvgIpc) is 2.39. The van der Waals surface area contributed by atoms with Crippen LogP contribution in [0.3, 0.4) is 0 Å². The van der Waals surface area contributed by atoms with Crippen molar-refractivity contribution >= 4 is 0 Å². The minimum Gasteiger partial charge on any atom is -0.481 e. The predicted octanol–water partition coefficient (Wildman–Crippen LogP) is 1.10. The zero-order valence-electron chi connectivity index (χ0n) is 9.98. The number of nitrogens with zero attached hydrogens (tertiary/aromatic N) is 1. The molecule has 0 unspecified atom stereocenters. The first-order valence-corrected chi connectivity index (χ1v) is 5.97. The van der Waals surface area contributed by atoms with Gasteiger partial charge in [0.05, 0.1) is 0 Å².